The maximum atomic E-state index is 13.1. The van der Waals surface area contributed by atoms with Crippen molar-refractivity contribution in [3.05, 3.63) is 88.4 Å². The third-order valence-electron chi connectivity index (χ3n) is 5.66. The first-order valence-corrected chi connectivity index (χ1v) is 14.3. The van der Waals surface area contributed by atoms with Gasteiger partial charge in [0.05, 0.1) is 17.3 Å². The number of thioether (sulfide) groups is 1. The van der Waals surface area contributed by atoms with E-state index in [0.717, 1.165) is 17.7 Å². The number of rotatable bonds is 15. The number of benzene rings is 3. The molecule has 0 aliphatic rings. The number of carbonyl (C=O) groups excluding carboxylic acids is 1. The van der Waals surface area contributed by atoms with Crippen LogP contribution in [0.1, 0.15) is 18.9 Å². The van der Waals surface area contributed by atoms with E-state index in [0.29, 0.717) is 41.2 Å². The van der Waals surface area contributed by atoms with E-state index in [4.69, 9.17) is 32.7 Å². The molecule has 0 aliphatic carbocycles. The van der Waals surface area contributed by atoms with Crippen molar-refractivity contribution in [3.63, 3.8) is 0 Å². The number of anilines is 1. The topological polar surface area (TPSA) is 88.1 Å². The minimum absolute atomic E-state index is 0.269. The summed E-state index contributed by atoms with van der Waals surface area (Å²) in [5.74, 6) is 0.497. The van der Waals surface area contributed by atoms with Crippen LogP contribution in [-0.2, 0) is 16.0 Å². The van der Waals surface area contributed by atoms with Gasteiger partial charge in [-0.3, -0.25) is 0 Å². The highest BCUT2D eigenvalue weighted by molar-refractivity contribution is 7.99. The van der Waals surface area contributed by atoms with Gasteiger partial charge in [-0.05, 0) is 67.1 Å². The summed E-state index contributed by atoms with van der Waals surface area (Å²) in [5, 5.41) is 13.0. The van der Waals surface area contributed by atoms with Gasteiger partial charge in [0.25, 0.3) is 0 Å². The van der Waals surface area contributed by atoms with Crippen molar-refractivity contribution in [2.75, 3.05) is 37.4 Å². The molecule has 0 heterocycles. The maximum absolute atomic E-state index is 13.1. The zero-order chi connectivity index (χ0) is 28.0. The van der Waals surface area contributed by atoms with E-state index >= 15 is 0 Å². The van der Waals surface area contributed by atoms with E-state index in [2.05, 4.69) is 17.4 Å². The molecule has 0 saturated heterocycles. The number of carbonyl (C=O) groups is 2. The Kier molecular flexibility index (Phi) is 12.8. The van der Waals surface area contributed by atoms with Gasteiger partial charge in [-0.1, -0.05) is 53.5 Å². The van der Waals surface area contributed by atoms with E-state index in [-0.39, 0.29) is 19.1 Å². The van der Waals surface area contributed by atoms with Gasteiger partial charge in [-0.25, -0.2) is 9.59 Å². The molecule has 0 aliphatic heterocycles. The zero-order valence-electron chi connectivity index (χ0n) is 21.6. The molecular weight excluding hydrogens is 559 g/mol. The molecule has 208 valence electrons. The molecule has 0 fully saturated rings. The molecule has 39 heavy (non-hydrogen) atoms. The molecule has 0 aromatic heterocycles. The lowest BCUT2D eigenvalue weighted by Crippen LogP contribution is -2.38. The van der Waals surface area contributed by atoms with Crippen molar-refractivity contribution in [3.8, 4) is 5.75 Å². The van der Waals surface area contributed by atoms with Crippen LogP contribution in [0.5, 0.6) is 5.75 Å². The molecular formula is C29H32Cl2N2O5S. The lowest BCUT2D eigenvalue weighted by Gasteiger charge is -2.23. The van der Waals surface area contributed by atoms with E-state index < -0.39 is 12.1 Å². The molecule has 7 nitrogen and oxygen atoms in total. The Morgan fingerprint density at radius 1 is 1.03 bits per heavy atom. The first kappa shape index (κ1) is 30.6. The second-order valence-corrected chi connectivity index (χ2v) is 10.5. The summed E-state index contributed by atoms with van der Waals surface area (Å²) in [6.45, 7) is 3.27. The highest BCUT2D eigenvalue weighted by atomic mass is 35.5. The highest BCUT2D eigenvalue weighted by Gasteiger charge is 2.18. The summed E-state index contributed by atoms with van der Waals surface area (Å²) >= 11 is 14.0. The molecule has 0 spiro atoms. The van der Waals surface area contributed by atoms with Crippen molar-refractivity contribution >= 4 is 52.7 Å². The smallest absolute Gasteiger partial charge is 0.333 e. The second-order valence-electron chi connectivity index (χ2n) is 8.54. The lowest BCUT2D eigenvalue weighted by atomic mass is 10.1. The highest BCUT2D eigenvalue weighted by Crippen LogP contribution is 2.26. The lowest BCUT2D eigenvalue weighted by molar-refractivity contribution is -0.149. The van der Waals surface area contributed by atoms with Crippen LogP contribution in [0.4, 0.5) is 10.5 Å². The summed E-state index contributed by atoms with van der Waals surface area (Å²) in [4.78, 5) is 27.3. The average Bonchev–Trinajstić information content (AvgIpc) is 2.92. The Bertz CT molecular complexity index is 1200. The second kappa shape index (κ2) is 16.3. The van der Waals surface area contributed by atoms with Crippen LogP contribution in [0.15, 0.2) is 77.7 Å². The molecule has 0 radical (unpaired) electrons. The van der Waals surface area contributed by atoms with Gasteiger partial charge in [0.15, 0.2) is 6.10 Å². The Hall–Kier alpha value is -2.91. The monoisotopic (exact) mass is 590 g/mol. The van der Waals surface area contributed by atoms with Crippen molar-refractivity contribution in [2.45, 2.75) is 30.8 Å². The van der Waals surface area contributed by atoms with E-state index in [1.54, 1.807) is 53.9 Å². The number of urea groups is 1. The van der Waals surface area contributed by atoms with Gasteiger partial charge in [0.2, 0.25) is 0 Å². The fourth-order valence-corrected chi connectivity index (χ4v) is 5.00. The SMILES string of the molecule is CCOC(Cc1ccc(OCCN(CCCSc2ccccc2)C(=O)Nc2ccc(Cl)cc2Cl)cc1)C(=O)O. The molecule has 2 amide bonds. The zero-order valence-corrected chi connectivity index (χ0v) is 24.0. The predicted octanol–water partition coefficient (Wildman–Crippen LogP) is 7.12. The number of carboxylic acid groups (broad SMARTS) is 1. The molecule has 3 aromatic rings. The van der Waals surface area contributed by atoms with E-state index in [1.807, 2.05) is 30.3 Å². The third kappa shape index (κ3) is 10.6. The fraction of sp³-hybridized carbons (Fsp3) is 0.310. The van der Waals surface area contributed by atoms with Crippen LogP contribution >= 0.6 is 35.0 Å². The molecule has 0 bridgehead atoms. The summed E-state index contributed by atoms with van der Waals surface area (Å²) in [6.07, 6.45) is 0.176. The molecule has 10 heteroatoms. The normalized spacial score (nSPS) is 11.6. The number of aliphatic carboxylic acids is 1. The quantitative estimate of drug-likeness (QED) is 0.145. The van der Waals surface area contributed by atoms with Crippen molar-refractivity contribution < 1.29 is 24.2 Å². The summed E-state index contributed by atoms with van der Waals surface area (Å²) in [5.41, 5.74) is 1.32. The molecule has 3 rings (SSSR count). The maximum Gasteiger partial charge on any atom is 0.333 e. The first-order chi connectivity index (χ1) is 18.9. The van der Waals surface area contributed by atoms with Crippen LogP contribution in [0.2, 0.25) is 10.0 Å². The number of amides is 2. The Morgan fingerprint density at radius 2 is 1.77 bits per heavy atom. The van der Waals surface area contributed by atoms with Crippen molar-refractivity contribution in [1.82, 2.24) is 4.90 Å². The first-order valence-electron chi connectivity index (χ1n) is 12.6. The number of hydrogen-bond donors (Lipinski definition) is 2. The molecule has 1 unspecified atom stereocenters. The number of halogens is 2. The minimum Gasteiger partial charge on any atom is -0.492 e. The number of nitrogens with one attached hydrogen (secondary N) is 1. The van der Waals surface area contributed by atoms with Gasteiger partial charge >= 0.3 is 12.0 Å². The van der Waals surface area contributed by atoms with Gasteiger partial charge < -0.3 is 24.8 Å². The van der Waals surface area contributed by atoms with Gasteiger partial charge in [0, 0.05) is 29.5 Å². The molecule has 1 atom stereocenters. The summed E-state index contributed by atoms with van der Waals surface area (Å²) in [6, 6.07) is 22.0. The minimum atomic E-state index is -0.988. The number of carboxylic acids is 1. The summed E-state index contributed by atoms with van der Waals surface area (Å²) < 4.78 is 11.2. The van der Waals surface area contributed by atoms with Crippen LogP contribution in [0, 0.1) is 0 Å². The van der Waals surface area contributed by atoms with Crippen LogP contribution in [0.3, 0.4) is 0 Å². The third-order valence-corrected chi connectivity index (χ3v) is 7.31. The molecule has 0 saturated carbocycles. The fourth-order valence-electron chi connectivity index (χ4n) is 3.69. The standard InChI is InChI=1S/C29H32Cl2N2O5S/c1-2-37-27(28(34)35)19-21-9-12-23(13-10-21)38-17-16-33(15-6-18-39-24-7-4-3-5-8-24)29(36)32-26-14-11-22(30)20-25(26)31/h3-5,7-14,20,27H,2,6,15-19H2,1H3,(H,32,36)(H,34,35). The van der Waals surface area contributed by atoms with Crippen molar-refractivity contribution in [2.24, 2.45) is 0 Å². The molecule has 2 N–H and O–H groups in total. The number of nitrogens with zero attached hydrogens (tertiary/aromatic N) is 1. The van der Waals surface area contributed by atoms with Gasteiger partial charge in [-0.15, -0.1) is 11.8 Å². The van der Waals surface area contributed by atoms with Crippen LogP contribution in [-0.4, -0.2) is 60.2 Å². The van der Waals surface area contributed by atoms with Crippen LogP contribution in [0.25, 0.3) is 0 Å². The van der Waals surface area contributed by atoms with Gasteiger partial charge in [0.1, 0.15) is 12.4 Å². The Balaban J connectivity index is 1.56. The average molecular weight is 592 g/mol. The summed E-state index contributed by atoms with van der Waals surface area (Å²) in [7, 11) is 0. The number of ether oxygens (including phenoxy) is 2. The number of hydrogen-bond acceptors (Lipinski definition) is 5. The Morgan fingerprint density at radius 3 is 2.44 bits per heavy atom. The molecule has 3 aromatic carbocycles. The van der Waals surface area contributed by atoms with E-state index in [1.165, 1.54) is 4.90 Å². The predicted molar refractivity (Wildman–Crippen MR) is 158 cm³/mol. The van der Waals surface area contributed by atoms with Crippen LogP contribution < -0.4 is 10.1 Å². The van der Waals surface area contributed by atoms with E-state index in [9.17, 15) is 14.7 Å². The Labute approximate surface area is 243 Å². The van der Waals surface area contributed by atoms with Crippen molar-refractivity contribution in [1.29, 1.82) is 0 Å². The largest absolute Gasteiger partial charge is 0.492 e. The van der Waals surface area contributed by atoms with Gasteiger partial charge in [-0.2, -0.15) is 0 Å².